The van der Waals surface area contributed by atoms with Gasteiger partial charge in [-0.3, -0.25) is 9.69 Å². The second kappa shape index (κ2) is 13.2. The van der Waals surface area contributed by atoms with Gasteiger partial charge in [0.25, 0.3) is 0 Å². The zero-order chi connectivity index (χ0) is 30.7. The molecular weight excluding hydrogens is 567 g/mol. The Kier molecular flexibility index (Phi) is 10.1. The number of nitrogens with zero attached hydrogens (tertiary/aromatic N) is 3. The maximum Gasteiger partial charge on any atom is 0.416 e. The van der Waals surface area contributed by atoms with Gasteiger partial charge in [0.1, 0.15) is 11.6 Å². The summed E-state index contributed by atoms with van der Waals surface area (Å²) in [5.74, 6) is -0.747. The number of amides is 1. The maximum absolute atomic E-state index is 15.2. The quantitative estimate of drug-likeness (QED) is 0.320. The SMILES string of the molecule is COc1ccc(F)c(C(CN(C)C(=O)Cc2cc(C(F)(F)F)cc(C(F)(F)F)c2)N2CCC(N3CCCCC3)CC2)c1. The number of hydrogen-bond acceptors (Lipinski definition) is 4. The summed E-state index contributed by atoms with van der Waals surface area (Å²) in [4.78, 5) is 19.0. The summed E-state index contributed by atoms with van der Waals surface area (Å²) in [6, 6.07) is 5.31. The Hall–Kier alpha value is -2.86. The van der Waals surface area contributed by atoms with Gasteiger partial charge in [-0.05, 0) is 80.7 Å². The summed E-state index contributed by atoms with van der Waals surface area (Å²) in [6.07, 6.45) is -5.41. The first-order chi connectivity index (χ1) is 19.8. The lowest BCUT2D eigenvalue weighted by Crippen LogP contribution is -2.49. The molecule has 0 spiro atoms. The summed E-state index contributed by atoms with van der Waals surface area (Å²) in [5, 5.41) is 0. The van der Waals surface area contributed by atoms with E-state index in [4.69, 9.17) is 4.74 Å². The molecule has 2 fully saturated rings. The molecule has 2 aliphatic heterocycles. The van der Waals surface area contributed by atoms with E-state index in [0.717, 1.165) is 25.9 Å². The van der Waals surface area contributed by atoms with Crippen molar-refractivity contribution in [1.82, 2.24) is 14.7 Å². The molecule has 232 valence electrons. The van der Waals surface area contributed by atoms with Gasteiger partial charge in [-0.15, -0.1) is 0 Å². The molecule has 12 heteroatoms. The van der Waals surface area contributed by atoms with Gasteiger partial charge in [-0.1, -0.05) is 6.42 Å². The van der Waals surface area contributed by atoms with Crippen LogP contribution in [0.3, 0.4) is 0 Å². The molecule has 2 aromatic carbocycles. The normalized spacial score (nSPS) is 18.6. The van der Waals surface area contributed by atoms with E-state index in [-0.39, 0.29) is 12.6 Å². The predicted molar refractivity (Wildman–Crippen MR) is 143 cm³/mol. The molecule has 0 radical (unpaired) electrons. The van der Waals surface area contributed by atoms with Crippen molar-refractivity contribution in [3.8, 4) is 5.75 Å². The number of methoxy groups -OCH3 is 1. The Morgan fingerprint density at radius 3 is 2.07 bits per heavy atom. The third kappa shape index (κ3) is 7.94. The minimum Gasteiger partial charge on any atom is -0.497 e. The third-order valence-corrected chi connectivity index (χ3v) is 8.28. The molecule has 5 nitrogen and oxygen atoms in total. The minimum absolute atomic E-state index is 0.0115. The molecule has 2 saturated heterocycles. The van der Waals surface area contributed by atoms with Gasteiger partial charge < -0.3 is 14.5 Å². The van der Waals surface area contributed by atoms with Gasteiger partial charge in [0, 0.05) is 38.3 Å². The minimum atomic E-state index is -5.01. The highest BCUT2D eigenvalue weighted by Crippen LogP contribution is 2.37. The van der Waals surface area contributed by atoms with Crippen LogP contribution in [-0.4, -0.2) is 73.5 Å². The molecule has 1 amide bonds. The highest BCUT2D eigenvalue weighted by molar-refractivity contribution is 5.78. The van der Waals surface area contributed by atoms with E-state index in [9.17, 15) is 31.1 Å². The van der Waals surface area contributed by atoms with Crippen molar-refractivity contribution in [3.63, 3.8) is 0 Å². The highest BCUT2D eigenvalue weighted by Gasteiger charge is 2.37. The topological polar surface area (TPSA) is 36.0 Å². The van der Waals surface area contributed by atoms with Crippen LogP contribution in [0.25, 0.3) is 0 Å². The first kappa shape index (κ1) is 32.1. The number of carbonyl (C=O) groups is 1. The second-order valence-corrected chi connectivity index (χ2v) is 11.1. The van der Waals surface area contributed by atoms with Crippen molar-refractivity contribution >= 4 is 5.91 Å². The summed E-state index contributed by atoms with van der Waals surface area (Å²) in [6.45, 7) is 3.39. The van der Waals surface area contributed by atoms with Crippen molar-refractivity contribution in [2.75, 3.05) is 46.9 Å². The second-order valence-electron chi connectivity index (χ2n) is 11.1. The molecule has 2 aliphatic rings. The van der Waals surface area contributed by atoms with Gasteiger partial charge >= 0.3 is 12.4 Å². The Bertz CT molecular complexity index is 1190. The average Bonchev–Trinajstić information content (AvgIpc) is 2.95. The van der Waals surface area contributed by atoms with Gasteiger partial charge in [-0.2, -0.15) is 26.3 Å². The lowest BCUT2D eigenvalue weighted by atomic mass is 9.96. The maximum atomic E-state index is 15.2. The van der Waals surface area contributed by atoms with Crippen LogP contribution in [0.5, 0.6) is 5.75 Å². The molecule has 0 bridgehead atoms. The zero-order valence-electron chi connectivity index (χ0n) is 23.7. The average molecular weight is 604 g/mol. The molecule has 2 aromatic rings. The lowest BCUT2D eigenvalue weighted by molar-refractivity contribution is -0.143. The molecule has 42 heavy (non-hydrogen) atoms. The number of ether oxygens (including phenoxy) is 1. The first-order valence-corrected chi connectivity index (χ1v) is 14.1. The fourth-order valence-corrected chi connectivity index (χ4v) is 5.95. The number of halogens is 7. The van der Waals surface area contributed by atoms with E-state index in [1.165, 1.54) is 50.5 Å². The fraction of sp³-hybridized carbons (Fsp3) is 0.567. The van der Waals surface area contributed by atoms with Gasteiger partial charge in [0.15, 0.2) is 0 Å². The van der Waals surface area contributed by atoms with Crippen molar-refractivity contribution in [2.24, 2.45) is 0 Å². The molecular formula is C30H36F7N3O2. The van der Waals surface area contributed by atoms with Crippen LogP contribution in [0.4, 0.5) is 30.7 Å². The van der Waals surface area contributed by atoms with Crippen LogP contribution in [-0.2, 0) is 23.6 Å². The molecule has 0 saturated carbocycles. The Morgan fingerprint density at radius 2 is 1.52 bits per heavy atom. The monoisotopic (exact) mass is 603 g/mol. The molecule has 4 rings (SSSR count). The van der Waals surface area contributed by atoms with Crippen LogP contribution >= 0.6 is 0 Å². The van der Waals surface area contributed by atoms with Crippen LogP contribution < -0.4 is 4.74 Å². The molecule has 1 unspecified atom stereocenters. The number of likely N-dealkylation sites (N-methyl/N-ethyl adjacent to an activating group) is 1. The van der Waals surface area contributed by atoms with Gasteiger partial charge in [0.05, 0.1) is 30.7 Å². The number of piperidine rings is 2. The largest absolute Gasteiger partial charge is 0.497 e. The van der Waals surface area contributed by atoms with Crippen LogP contribution in [0.15, 0.2) is 36.4 Å². The van der Waals surface area contributed by atoms with Gasteiger partial charge in [0.2, 0.25) is 5.91 Å². The summed E-state index contributed by atoms with van der Waals surface area (Å²) in [7, 11) is 2.88. The molecule has 0 N–H and O–H groups in total. The molecule has 1 atom stereocenters. The number of rotatable bonds is 8. The first-order valence-electron chi connectivity index (χ1n) is 14.1. The number of benzene rings is 2. The molecule has 0 aromatic heterocycles. The van der Waals surface area contributed by atoms with Crippen molar-refractivity contribution in [1.29, 1.82) is 0 Å². The predicted octanol–water partition coefficient (Wildman–Crippen LogP) is 6.56. The Balaban J connectivity index is 1.54. The number of hydrogen-bond donors (Lipinski definition) is 0. The van der Waals surface area contributed by atoms with E-state index < -0.39 is 53.2 Å². The van der Waals surface area contributed by atoms with Crippen molar-refractivity contribution < 1.29 is 40.3 Å². The zero-order valence-corrected chi connectivity index (χ0v) is 23.7. The highest BCUT2D eigenvalue weighted by atomic mass is 19.4. The summed E-state index contributed by atoms with van der Waals surface area (Å²) >= 11 is 0. The van der Waals surface area contributed by atoms with Gasteiger partial charge in [-0.25, -0.2) is 4.39 Å². The lowest BCUT2D eigenvalue weighted by Gasteiger charge is -2.43. The smallest absolute Gasteiger partial charge is 0.416 e. The van der Waals surface area contributed by atoms with Crippen LogP contribution in [0.1, 0.15) is 60.4 Å². The van der Waals surface area contributed by atoms with Crippen molar-refractivity contribution in [2.45, 2.75) is 63.0 Å². The van der Waals surface area contributed by atoms with E-state index >= 15 is 4.39 Å². The number of likely N-dealkylation sites (tertiary alicyclic amines) is 2. The third-order valence-electron chi connectivity index (χ3n) is 8.28. The van der Waals surface area contributed by atoms with E-state index in [1.54, 1.807) is 6.07 Å². The fourth-order valence-electron chi connectivity index (χ4n) is 5.95. The van der Waals surface area contributed by atoms with Crippen molar-refractivity contribution in [3.05, 3.63) is 64.5 Å². The standard InChI is InChI=1S/C30H36F7N3O2/c1-38(28(41)16-20-14-21(29(32,33)34)17-22(15-20)30(35,36)37)19-27(25-18-24(42-2)6-7-26(25)31)40-12-8-23(9-13-40)39-10-4-3-5-11-39/h6-7,14-15,17-18,23,27H,3-5,8-13,16,19H2,1-2H3. The number of carbonyl (C=O) groups excluding carboxylic acids is 1. The van der Waals surface area contributed by atoms with E-state index in [0.29, 0.717) is 42.6 Å². The summed E-state index contributed by atoms with van der Waals surface area (Å²) < 4.78 is 100. The van der Waals surface area contributed by atoms with Crippen LogP contribution in [0, 0.1) is 5.82 Å². The molecule has 2 heterocycles. The summed E-state index contributed by atoms with van der Waals surface area (Å²) in [5.41, 5.74) is -3.05. The number of alkyl halides is 6. The Morgan fingerprint density at radius 1 is 0.929 bits per heavy atom. The van der Waals surface area contributed by atoms with E-state index in [1.807, 2.05) is 0 Å². The molecule has 0 aliphatic carbocycles. The van der Waals surface area contributed by atoms with E-state index in [2.05, 4.69) is 9.80 Å². The van der Waals surface area contributed by atoms with Crippen LogP contribution in [0.2, 0.25) is 0 Å². The Labute approximate surface area is 241 Å².